The van der Waals surface area contributed by atoms with Gasteiger partial charge in [0.1, 0.15) is 6.54 Å². The quantitative estimate of drug-likeness (QED) is 0.366. The van der Waals surface area contributed by atoms with Crippen LogP contribution in [0.25, 0.3) is 0 Å². The van der Waals surface area contributed by atoms with E-state index >= 15 is 0 Å². The molecule has 1 N–H and O–H groups in total. The average molecular weight is 510 g/mol. The SMILES string of the molecule is COc1ccc(CCN(Cc2ccc(C)s2)C(=O)CN(C(=O)Nc2ccccc2)C(C)C)cc1OC. The molecule has 8 heteroatoms. The summed E-state index contributed by atoms with van der Waals surface area (Å²) in [7, 11) is 3.22. The van der Waals surface area contributed by atoms with E-state index in [1.54, 1.807) is 30.5 Å². The molecule has 0 saturated carbocycles. The van der Waals surface area contributed by atoms with Crippen molar-refractivity contribution in [3.05, 3.63) is 76.0 Å². The van der Waals surface area contributed by atoms with Crippen molar-refractivity contribution in [2.45, 2.75) is 39.8 Å². The molecule has 7 nitrogen and oxygen atoms in total. The zero-order valence-corrected chi connectivity index (χ0v) is 22.4. The van der Waals surface area contributed by atoms with E-state index in [9.17, 15) is 9.59 Å². The van der Waals surface area contributed by atoms with Gasteiger partial charge in [0, 0.05) is 28.0 Å². The third-order valence-electron chi connectivity index (χ3n) is 5.83. The molecule has 0 unspecified atom stereocenters. The largest absolute Gasteiger partial charge is 0.493 e. The molecule has 1 heterocycles. The minimum Gasteiger partial charge on any atom is -0.493 e. The van der Waals surface area contributed by atoms with Crippen LogP contribution in [0.4, 0.5) is 10.5 Å². The summed E-state index contributed by atoms with van der Waals surface area (Å²) in [6.07, 6.45) is 0.647. The number of amides is 3. The standard InChI is InChI=1S/C28H35N3O4S/c1-20(2)31(28(33)29-23-9-7-6-8-10-23)19-27(32)30(18-24-13-11-21(3)36-24)16-15-22-12-14-25(34-4)26(17-22)35-5/h6-14,17,20H,15-16,18-19H2,1-5H3,(H,29,33). The van der Waals surface area contributed by atoms with E-state index in [1.807, 2.05) is 67.3 Å². The summed E-state index contributed by atoms with van der Waals surface area (Å²) in [6.45, 7) is 6.88. The Morgan fingerprint density at radius 1 is 0.972 bits per heavy atom. The van der Waals surface area contributed by atoms with Gasteiger partial charge in [0.2, 0.25) is 5.91 Å². The molecule has 0 aliphatic carbocycles. The third-order valence-corrected chi connectivity index (χ3v) is 6.81. The molecule has 0 aliphatic rings. The van der Waals surface area contributed by atoms with Gasteiger partial charge in [-0.2, -0.15) is 0 Å². The van der Waals surface area contributed by atoms with Crippen molar-refractivity contribution >= 4 is 29.0 Å². The molecule has 36 heavy (non-hydrogen) atoms. The number of hydrogen-bond donors (Lipinski definition) is 1. The van der Waals surface area contributed by atoms with Crippen LogP contribution in [-0.4, -0.2) is 55.1 Å². The Morgan fingerprint density at radius 3 is 2.31 bits per heavy atom. The number of thiophene rings is 1. The van der Waals surface area contributed by atoms with E-state index in [4.69, 9.17) is 9.47 Å². The zero-order chi connectivity index (χ0) is 26.1. The lowest BCUT2D eigenvalue weighted by molar-refractivity contribution is -0.132. The first-order valence-corrected chi connectivity index (χ1v) is 12.8. The smallest absolute Gasteiger partial charge is 0.322 e. The van der Waals surface area contributed by atoms with E-state index in [2.05, 4.69) is 24.4 Å². The van der Waals surface area contributed by atoms with Crippen molar-refractivity contribution in [2.75, 3.05) is 32.6 Å². The molecule has 0 bridgehead atoms. The van der Waals surface area contributed by atoms with Gasteiger partial charge in [0.25, 0.3) is 0 Å². The predicted octanol–water partition coefficient (Wildman–Crippen LogP) is 5.59. The molecule has 0 spiro atoms. The number of para-hydroxylation sites is 1. The van der Waals surface area contributed by atoms with E-state index in [0.29, 0.717) is 36.7 Å². The number of methoxy groups -OCH3 is 2. The molecule has 0 fully saturated rings. The molecule has 2 aromatic carbocycles. The van der Waals surface area contributed by atoms with Crippen LogP contribution in [0, 0.1) is 6.92 Å². The van der Waals surface area contributed by atoms with Crippen LogP contribution in [-0.2, 0) is 17.8 Å². The molecule has 0 saturated heterocycles. The molecular weight excluding hydrogens is 474 g/mol. The highest BCUT2D eigenvalue weighted by molar-refractivity contribution is 7.11. The summed E-state index contributed by atoms with van der Waals surface area (Å²) < 4.78 is 10.8. The van der Waals surface area contributed by atoms with Gasteiger partial charge in [0.15, 0.2) is 11.5 Å². The first-order valence-electron chi connectivity index (χ1n) is 12.0. The predicted molar refractivity (Wildman–Crippen MR) is 145 cm³/mol. The van der Waals surface area contributed by atoms with E-state index < -0.39 is 0 Å². The second-order valence-corrected chi connectivity index (χ2v) is 10.2. The highest BCUT2D eigenvalue weighted by atomic mass is 32.1. The van der Waals surface area contributed by atoms with E-state index in [1.165, 1.54) is 4.88 Å². The lowest BCUT2D eigenvalue weighted by Gasteiger charge is -2.30. The summed E-state index contributed by atoms with van der Waals surface area (Å²) in [5, 5.41) is 2.89. The monoisotopic (exact) mass is 509 g/mol. The van der Waals surface area contributed by atoms with Gasteiger partial charge in [-0.1, -0.05) is 24.3 Å². The summed E-state index contributed by atoms with van der Waals surface area (Å²) in [4.78, 5) is 32.2. The maximum atomic E-state index is 13.5. The Bertz CT molecular complexity index is 1150. The van der Waals surface area contributed by atoms with Gasteiger partial charge in [-0.05, 0) is 69.2 Å². The Kier molecular flexibility index (Phi) is 9.76. The van der Waals surface area contributed by atoms with Gasteiger partial charge in [-0.3, -0.25) is 4.79 Å². The maximum Gasteiger partial charge on any atom is 0.322 e. The second-order valence-electron chi connectivity index (χ2n) is 8.78. The summed E-state index contributed by atoms with van der Waals surface area (Å²) in [6, 6.07) is 18.7. The third kappa shape index (κ3) is 7.49. The van der Waals surface area contributed by atoms with Crippen molar-refractivity contribution in [1.82, 2.24) is 9.80 Å². The Labute approximate surface area is 217 Å². The van der Waals surface area contributed by atoms with Crippen molar-refractivity contribution in [2.24, 2.45) is 0 Å². The number of urea groups is 1. The van der Waals surface area contributed by atoms with Crippen LogP contribution in [0.15, 0.2) is 60.7 Å². The highest BCUT2D eigenvalue weighted by Crippen LogP contribution is 2.28. The molecule has 0 radical (unpaired) electrons. The number of ether oxygens (including phenoxy) is 2. The van der Waals surface area contributed by atoms with Crippen LogP contribution < -0.4 is 14.8 Å². The Balaban J connectivity index is 1.75. The number of nitrogens with zero attached hydrogens (tertiary/aromatic N) is 2. The van der Waals surface area contributed by atoms with Crippen molar-refractivity contribution in [3.8, 4) is 11.5 Å². The lowest BCUT2D eigenvalue weighted by atomic mass is 10.1. The molecule has 0 atom stereocenters. The fourth-order valence-corrected chi connectivity index (χ4v) is 4.71. The van der Waals surface area contributed by atoms with Crippen LogP contribution >= 0.6 is 11.3 Å². The maximum absolute atomic E-state index is 13.5. The normalized spacial score (nSPS) is 10.7. The van der Waals surface area contributed by atoms with Crippen LogP contribution in [0.3, 0.4) is 0 Å². The van der Waals surface area contributed by atoms with Crippen molar-refractivity contribution in [1.29, 1.82) is 0 Å². The minimum absolute atomic E-state index is 0.00732. The molecule has 1 aromatic heterocycles. The molecule has 3 amide bonds. The first-order chi connectivity index (χ1) is 17.3. The molecule has 3 aromatic rings. The molecular formula is C28H35N3O4S. The average Bonchev–Trinajstić information content (AvgIpc) is 3.29. The number of anilines is 1. The van der Waals surface area contributed by atoms with E-state index in [-0.39, 0.29) is 24.5 Å². The fourth-order valence-electron chi connectivity index (χ4n) is 3.80. The number of benzene rings is 2. The van der Waals surface area contributed by atoms with Gasteiger partial charge >= 0.3 is 6.03 Å². The molecule has 192 valence electrons. The van der Waals surface area contributed by atoms with Gasteiger partial charge in [0.05, 0.1) is 20.8 Å². The highest BCUT2D eigenvalue weighted by Gasteiger charge is 2.24. The number of carbonyl (C=O) groups is 2. The van der Waals surface area contributed by atoms with Crippen molar-refractivity contribution < 1.29 is 19.1 Å². The minimum atomic E-state index is -0.295. The summed E-state index contributed by atoms with van der Waals surface area (Å²) in [5.41, 5.74) is 1.73. The number of nitrogens with one attached hydrogen (secondary N) is 1. The molecule has 3 rings (SSSR count). The zero-order valence-electron chi connectivity index (χ0n) is 21.6. The number of carbonyl (C=O) groups excluding carboxylic acids is 2. The number of rotatable bonds is 11. The van der Waals surface area contributed by atoms with Crippen molar-refractivity contribution in [3.63, 3.8) is 0 Å². The first kappa shape index (κ1) is 27.1. The summed E-state index contributed by atoms with van der Waals surface area (Å²) in [5.74, 6) is 1.23. The summed E-state index contributed by atoms with van der Waals surface area (Å²) >= 11 is 1.68. The fraction of sp³-hybridized carbons (Fsp3) is 0.357. The Hall–Kier alpha value is -3.52. The van der Waals surface area contributed by atoms with Gasteiger partial charge in [-0.15, -0.1) is 11.3 Å². The lowest BCUT2D eigenvalue weighted by Crippen LogP contribution is -2.47. The van der Waals surface area contributed by atoms with Crippen LogP contribution in [0.2, 0.25) is 0 Å². The number of aryl methyl sites for hydroxylation is 1. The van der Waals surface area contributed by atoms with Crippen LogP contribution in [0.5, 0.6) is 11.5 Å². The second kappa shape index (κ2) is 13.0. The van der Waals surface area contributed by atoms with Gasteiger partial charge in [-0.25, -0.2) is 4.79 Å². The molecule has 0 aliphatic heterocycles. The number of hydrogen-bond acceptors (Lipinski definition) is 5. The topological polar surface area (TPSA) is 71.1 Å². The van der Waals surface area contributed by atoms with Gasteiger partial charge < -0.3 is 24.6 Å². The Morgan fingerprint density at radius 2 is 1.69 bits per heavy atom. The van der Waals surface area contributed by atoms with E-state index in [0.717, 1.165) is 10.4 Å². The van der Waals surface area contributed by atoms with Crippen LogP contribution in [0.1, 0.15) is 29.2 Å².